The second kappa shape index (κ2) is 11.8. The quantitative estimate of drug-likeness (QED) is 0.469. The number of hydrogen-bond acceptors (Lipinski definition) is 9. The number of nitrogens with one attached hydrogen (secondary N) is 1. The van der Waals surface area contributed by atoms with Gasteiger partial charge in [-0.15, -0.1) is 0 Å². The number of carbonyl (C=O) groups is 1. The van der Waals surface area contributed by atoms with E-state index in [9.17, 15) is 9.36 Å². The van der Waals surface area contributed by atoms with Gasteiger partial charge in [0.1, 0.15) is 30.6 Å². The molecule has 3 heterocycles. The topological polar surface area (TPSA) is 134 Å². The first-order valence-electron chi connectivity index (χ1n) is 11.5. The van der Waals surface area contributed by atoms with E-state index in [1.54, 1.807) is 18.7 Å². The van der Waals surface area contributed by atoms with Gasteiger partial charge in [0, 0.05) is 25.8 Å². The van der Waals surface area contributed by atoms with Gasteiger partial charge in [-0.2, -0.15) is 5.26 Å². The van der Waals surface area contributed by atoms with Gasteiger partial charge in [-0.05, 0) is 32.3 Å². The van der Waals surface area contributed by atoms with Crippen molar-refractivity contribution in [3.63, 3.8) is 0 Å². The molecular weight excluding hydrogens is 459 g/mol. The number of ether oxygens (including phenoxy) is 1. The first kappa shape index (κ1) is 26.1. The van der Waals surface area contributed by atoms with Crippen LogP contribution in [0.25, 0.3) is 11.0 Å². The van der Waals surface area contributed by atoms with Crippen LogP contribution in [0.15, 0.2) is 12.4 Å². The number of carbonyl (C=O) groups excluding carboxylic acids is 1. The van der Waals surface area contributed by atoms with Gasteiger partial charge >= 0.3 is 7.60 Å². The van der Waals surface area contributed by atoms with Gasteiger partial charge in [0.05, 0.1) is 37.3 Å². The van der Waals surface area contributed by atoms with Gasteiger partial charge in [0.25, 0.3) is 0 Å². The van der Waals surface area contributed by atoms with Crippen LogP contribution in [0.5, 0.6) is 0 Å². The van der Waals surface area contributed by atoms with Gasteiger partial charge in [-0.25, -0.2) is 9.97 Å². The maximum absolute atomic E-state index is 12.6. The van der Waals surface area contributed by atoms with Crippen molar-refractivity contribution < 1.29 is 23.1 Å². The Morgan fingerprint density at radius 1 is 1.35 bits per heavy atom. The number of fused-ring (bicyclic) bond motifs is 1. The highest BCUT2D eigenvalue weighted by Gasteiger charge is 2.32. The monoisotopic (exact) mass is 492 g/mol. The summed E-state index contributed by atoms with van der Waals surface area (Å²) >= 11 is 0. The van der Waals surface area contributed by atoms with Gasteiger partial charge < -0.3 is 28.6 Å². The minimum absolute atomic E-state index is 0.0485. The number of amides is 1. The third kappa shape index (κ3) is 6.13. The number of piperidine rings is 1. The summed E-state index contributed by atoms with van der Waals surface area (Å²) in [6.07, 6.45) is 2.10. The fourth-order valence-corrected chi connectivity index (χ4v) is 5.55. The van der Waals surface area contributed by atoms with Crippen LogP contribution in [0.3, 0.4) is 0 Å². The number of rotatable bonds is 11. The minimum atomic E-state index is -3.29. The Hall–Kier alpha value is -2.51. The predicted octanol–water partition coefficient (Wildman–Crippen LogP) is 3.28. The molecule has 34 heavy (non-hydrogen) atoms. The molecule has 2 atom stereocenters. The van der Waals surface area contributed by atoms with Crippen molar-refractivity contribution in [1.29, 1.82) is 5.26 Å². The summed E-state index contributed by atoms with van der Waals surface area (Å²) in [7, 11) is -1.32. The first-order chi connectivity index (χ1) is 16.3. The first-order valence-corrected chi connectivity index (χ1v) is 13.2. The Bertz CT molecular complexity index is 1060. The normalized spacial score (nSPS) is 18.7. The molecule has 186 valence electrons. The Kier molecular flexibility index (Phi) is 9.03. The molecule has 3 rings (SSSR count). The zero-order valence-electron chi connectivity index (χ0n) is 20.2. The average Bonchev–Trinajstić information content (AvgIpc) is 3.22. The second-order valence-electron chi connectivity index (χ2n) is 8.30. The maximum atomic E-state index is 12.6. The number of likely N-dealkylation sites (tertiary alicyclic amines) is 1. The number of H-pyrrole nitrogens is 1. The molecular formula is C22H33N6O5P. The van der Waals surface area contributed by atoms with Gasteiger partial charge in [0.2, 0.25) is 5.91 Å². The van der Waals surface area contributed by atoms with E-state index < -0.39 is 7.60 Å². The number of hydrogen-bond donors (Lipinski definition) is 1. The number of nitrogens with zero attached hydrogens (tertiary/aromatic N) is 5. The summed E-state index contributed by atoms with van der Waals surface area (Å²) in [6.45, 7) is 7.60. The van der Waals surface area contributed by atoms with Crippen LogP contribution in [0.2, 0.25) is 0 Å². The number of anilines is 1. The zero-order chi connectivity index (χ0) is 24.7. The largest absolute Gasteiger partial charge is 0.363 e. The Morgan fingerprint density at radius 2 is 2.09 bits per heavy atom. The molecule has 0 spiro atoms. The van der Waals surface area contributed by atoms with Crippen molar-refractivity contribution in [1.82, 2.24) is 19.9 Å². The lowest BCUT2D eigenvalue weighted by Gasteiger charge is -2.42. The van der Waals surface area contributed by atoms with E-state index in [0.29, 0.717) is 24.7 Å². The average molecular weight is 493 g/mol. The molecule has 1 aliphatic rings. The number of likely N-dealkylation sites (N-methyl/N-ethyl adjacent to an activating group) is 1. The molecule has 1 saturated heterocycles. The molecule has 0 bridgehead atoms. The lowest BCUT2D eigenvalue weighted by atomic mass is 9.92. The van der Waals surface area contributed by atoms with Crippen LogP contribution >= 0.6 is 7.60 Å². The van der Waals surface area contributed by atoms with Gasteiger partial charge in [0.15, 0.2) is 0 Å². The van der Waals surface area contributed by atoms with Crippen LogP contribution in [-0.4, -0.2) is 71.5 Å². The number of nitriles is 1. The van der Waals surface area contributed by atoms with E-state index >= 15 is 0 Å². The molecule has 2 aromatic rings. The number of aromatic amines is 1. The third-order valence-corrected chi connectivity index (χ3v) is 7.75. The van der Waals surface area contributed by atoms with Crippen molar-refractivity contribution in [2.24, 2.45) is 5.92 Å². The molecule has 0 aromatic carbocycles. The zero-order valence-corrected chi connectivity index (χ0v) is 21.1. The van der Waals surface area contributed by atoms with Crippen molar-refractivity contribution >= 4 is 30.4 Å². The summed E-state index contributed by atoms with van der Waals surface area (Å²) in [4.78, 5) is 28.2. The molecule has 12 heteroatoms. The van der Waals surface area contributed by atoms with Crippen molar-refractivity contribution in [2.75, 3.05) is 44.6 Å². The molecule has 2 aromatic heterocycles. The van der Waals surface area contributed by atoms with E-state index in [2.05, 4.69) is 26.8 Å². The van der Waals surface area contributed by atoms with Crippen LogP contribution in [0.1, 0.15) is 39.3 Å². The smallest absolute Gasteiger partial charge is 0.356 e. The lowest BCUT2D eigenvalue weighted by Crippen LogP contribution is -2.52. The van der Waals surface area contributed by atoms with Crippen LogP contribution in [0, 0.1) is 17.2 Å². The van der Waals surface area contributed by atoms with Crippen molar-refractivity contribution in [3.8, 4) is 6.07 Å². The van der Waals surface area contributed by atoms with E-state index in [-0.39, 0.29) is 44.5 Å². The molecule has 0 radical (unpaired) electrons. The lowest BCUT2D eigenvalue weighted by molar-refractivity contribution is -0.131. The molecule has 0 aliphatic carbocycles. The Morgan fingerprint density at radius 3 is 2.76 bits per heavy atom. The second-order valence-corrected chi connectivity index (χ2v) is 10.3. The van der Waals surface area contributed by atoms with Crippen molar-refractivity contribution in [2.45, 2.75) is 46.3 Å². The van der Waals surface area contributed by atoms with Gasteiger partial charge in [-0.1, -0.05) is 6.92 Å². The highest BCUT2D eigenvalue weighted by atomic mass is 31.2. The molecule has 0 saturated carbocycles. The maximum Gasteiger partial charge on any atom is 0.356 e. The molecule has 1 N–H and O–H groups in total. The predicted molar refractivity (Wildman–Crippen MR) is 127 cm³/mol. The molecule has 2 unspecified atom stereocenters. The summed E-state index contributed by atoms with van der Waals surface area (Å²) in [5, 5.41) is 9.71. The standard InChI is InChI=1S/C22H33N6O5P/c1-5-32-34(30,33-6-2)15-31-13-17-11-18-21(26-17)24-14-25-22(18)27(4)19-12-28(10-8-16(19)3)20(29)7-9-23/h11,14,16,19H,5-8,10,12-13,15H2,1-4H3,(H,24,25,26). The van der Waals surface area contributed by atoms with Crippen LogP contribution in [0.4, 0.5) is 5.82 Å². The highest BCUT2D eigenvalue weighted by Crippen LogP contribution is 2.48. The summed E-state index contributed by atoms with van der Waals surface area (Å²) < 4.78 is 28.7. The minimum Gasteiger partial charge on any atom is -0.363 e. The molecule has 11 nitrogen and oxygen atoms in total. The Labute approximate surface area is 199 Å². The van der Waals surface area contributed by atoms with E-state index in [1.165, 1.54) is 6.33 Å². The van der Waals surface area contributed by atoms with Gasteiger partial charge in [-0.3, -0.25) is 9.36 Å². The SMILES string of the molecule is CCOP(=O)(COCc1cc2c(N(C)C3CN(C(=O)CC#N)CCC3C)ncnc2[nH]1)OCC. The Balaban J connectivity index is 1.74. The summed E-state index contributed by atoms with van der Waals surface area (Å²) in [5.74, 6) is 0.945. The fourth-order valence-electron chi connectivity index (χ4n) is 4.23. The fraction of sp³-hybridized carbons (Fsp3) is 0.636. The van der Waals surface area contributed by atoms with Crippen molar-refractivity contribution in [3.05, 3.63) is 18.1 Å². The van der Waals surface area contributed by atoms with E-state index in [1.807, 2.05) is 19.2 Å². The van der Waals surface area contributed by atoms with Crippen LogP contribution in [-0.2, 0) is 29.8 Å². The highest BCUT2D eigenvalue weighted by molar-refractivity contribution is 7.53. The third-order valence-electron chi connectivity index (χ3n) is 5.95. The number of aromatic nitrogens is 3. The van der Waals surface area contributed by atoms with E-state index in [0.717, 1.165) is 23.3 Å². The molecule has 1 aliphatic heterocycles. The molecule has 1 amide bonds. The summed E-state index contributed by atoms with van der Waals surface area (Å²) in [6, 6.07) is 3.91. The molecule has 1 fully saturated rings. The van der Waals surface area contributed by atoms with E-state index in [4.69, 9.17) is 19.0 Å². The summed E-state index contributed by atoms with van der Waals surface area (Å²) in [5.41, 5.74) is 1.42. The van der Waals surface area contributed by atoms with Crippen LogP contribution < -0.4 is 4.90 Å².